The van der Waals surface area contributed by atoms with E-state index in [1.54, 1.807) is 53.7 Å². The SMILES string of the molecule is O=C(Oc1ccc(Cl)cc1)N1CCCCC1OCc1nc(-c2ccncc2)no1. The molecule has 0 spiro atoms. The molecule has 8 nitrogen and oxygen atoms in total. The number of pyridine rings is 1. The summed E-state index contributed by atoms with van der Waals surface area (Å²) >= 11 is 5.87. The largest absolute Gasteiger partial charge is 0.417 e. The molecule has 1 amide bonds. The average Bonchev–Trinajstić information content (AvgIpc) is 3.24. The molecule has 1 unspecified atom stereocenters. The Bertz CT molecular complexity index is 949. The van der Waals surface area contributed by atoms with Crippen molar-refractivity contribution in [2.24, 2.45) is 0 Å². The minimum absolute atomic E-state index is 0.105. The zero-order valence-electron chi connectivity index (χ0n) is 15.5. The van der Waals surface area contributed by atoms with Crippen molar-refractivity contribution in [3.05, 3.63) is 59.7 Å². The van der Waals surface area contributed by atoms with Crippen LogP contribution >= 0.6 is 11.6 Å². The van der Waals surface area contributed by atoms with Crippen LogP contribution < -0.4 is 4.74 Å². The van der Waals surface area contributed by atoms with Crippen molar-refractivity contribution in [1.82, 2.24) is 20.0 Å². The van der Waals surface area contributed by atoms with E-state index in [2.05, 4.69) is 15.1 Å². The molecule has 1 saturated heterocycles. The van der Waals surface area contributed by atoms with Crippen LogP contribution in [0.3, 0.4) is 0 Å². The number of hydrogen-bond donors (Lipinski definition) is 0. The molecule has 0 bridgehead atoms. The summed E-state index contributed by atoms with van der Waals surface area (Å²) in [6, 6.07) is 10.2. The molecule has 0 saturated carbocycles. The molecule has 29 heavy (non-hydrogen) atoms. The second kappa shape index (κ2) is 9.02. The standard InChI is InChI=1S/C20H19ClN4O4/c21-15-4-6-16(7-5-15)28-20(26)25-12-2-1-3-18(25)27-13-17-23-19(24-29-17)14-8-10-22-11-9-14/h4-11,18H,1-3,12-13H2. The third-order valence-corrected chi connectivity index (χ3v) is 4.76. The van der Waals surface area contributed by atoms with Gasteiger partial charge in [-0.15, -0.1) is 0 Å². The minimum atomic E-state index is -0.458. The average molecular weight is 415 g/mol. The summed E-state index contributed by atoms with van der Waals surface area (Å²) in [6.45, 7) is 0.663. The number of benzene rings is 1. The lowest BCUT2D eigenvalue weighted by Gasteiger charge is -2.34. The number of aromatic nitrogens is 3. The topological polar surface area (TPSA) is 90.6 Å². The van der Waals surface area contributed by atoms with Gasteiger partial charge in [-0.05, 0) is 55.7 Å². The molecule has 1 aromatic carbocycles. The lowest BCUT2D eigenvalue weighted by molar-refractivity contribution is -0.0793. The number of carbonyl (C=O) groups is 1. The number of hydrogen-bond acceptors (Lipinski definition) is 7. The predicted molar refractivity (Wildman–Crippen MR) is 104 cm³/mol. The van der Waals surface area contributed by atoms with E-state index in [9.17, 15) is 4.79 Å². The molecule has 3 aromatic rings. The number of ether oxygens (including phenoxy) is 2. The molecule has 1 fully saturated rings. The molecule has 4 rings (SSSR count). The number of likely N-dealkylation sites (tertiary alicyclic amines) is 1. The molecule has 9 heteroatoms. The Morgan fingerprint density at radius 1 is 1.17 bits per heavy atom. The third-order valence-electron chi connectivity index (χ3n) is 4.51. The molecular formula is C20H19ClN4O4. The van der Waals surface area contributed by atoms with E-state index in [4.69, 9.17) is 25.6 Å². The maximum absolute atomic E-state index is 12.6. The minimum Gasteiger partial charge on any atom is -0.410 e. The van der Waals surface area contributed by atoms with Crippen molar-refractivity contribution in [2.45, 2.75) is 32.1 Å². The van der Waals surface area contributed by atoms with Crippen LogP contribution in [0.5, 0.6) is 5.75 Å². The maximum atomic E-state index is 12.6. The van der Waals surface area contributed by atoms with Gasteiger partial charge in [-0.3, -0.25) is 9.88 Å². The molecular weight excluding hydrogens is 396 g/mol. The second-order valence-electron chi connectivity index (χ2n) is 6.52. The molecule has 2 aromatic heterocycles. The highest BCUT2D eigenvalue weighted by Gasteiger charge is 2.29. The normalized spacial score (nSPS) is 16.6. The van der Waals surface area contributed by atoms with Gasteiger partial charge >= 0.3 is 6.09 Å². The number of carbonyl (C=O) groups excluding carboxylic acids is 1. The van der Waals surface area contributed by atoms with Gasteiger partial charge in [0.1, 0.15) is 18.6 Å². The zero-order chi connectivity index (χ0) is 20.1. The number of rotatable bonds is 5. The van der Waals surface area contributed by atoms with Gasteiger partial charge in [0, 0.05) is 29.5 Å². The van der Waals surface area contributed by atoms with Gasteiger partial charge < -0.3 is 14.0 Å². The van der Waals surface area contributed by atoms with E-state index in [1.807, 2.05) is 0 Å². The van der Waals surface area contributed by atoms with Crippen molar-refractivity contribution in [3.63, 3.8) is 0 Å². The fraction of sp³-hybridized carbons (Fsp3) is 0.300. The fourth-order valence-electron chi connectivity index (χ4n) is 3.04. The Morgan fingerprint density at radius 2 is 1.97 bits per heavy atom. The van der Waals surface area contributed by atoms with E-state index >= 15 is 0 Å². The van der Waals surface area contributed by atoms with Crippen LogP contribution in [0.2, 0.25) is 5.02 Å². The van der Waals surface area contributed by atoms with E-state index in [-0.39, 0.29) is 6.61 Å². The molecule has 150 valence electrons. The first-order valence-electron chi connectivity index (χ1n) is 9.27. The van der Waals surface area contributed by atoms with Crippen molar-refractivity contribution in [1.29, 1.82) is 0 Å². The van der Waals surface area contributed by atoms with Crippen molar-refractivity contribution in [3.8, 4) is 17.1 Å². The monoisotopic (exact) mass is 414 g/mol. The quantitative estimate of drug-likeness (QED) is 0.614. The highest BCUT2D eigenvalue weighted by Crippen LogP contribution is 2.23. The Balaban J connectivity index is 1.37. The predicted octanol–water partition coefficient (Wildman–Crippen LogP) is 4.31. The lowest BCUT2D eigenvalue weighted by atomic mass is 10.1. The molecule has 1 atom stereocenters. The number of halogens is 1. The molecule has 0 aliphatic carbocycles. The van der Waals surface area contributed by atoms with Crippen LogP contribution in [-0.4, -0.2) is 38.9 Å². The molecule has 1 aliphatic heterocycles. The zero-order valence-corrected chi connectivity index (χ0v) is 16.3. The van der Waals surface area contributed by atoms with Crippen LogP contribution in [0, 0.1) is 0 Å². The van der Waals surface area contributed by atoms with Gasteiger partial charge in [0.25, 0.3) is 5.89 Å². The first kappa shape index (κ1) is 19.4. The number of nitrogens with zero attached hydrogens (tertiary/aromatic N) is 4. The van der Waals surface area contributed by atoms with Gasteiger partial charge in [-0.25, -0.2) is 4.79 Å². The van der Waals surface area contributed by atoms with Gasteiger partial charge in [-0.1, -0.05) is 16.8 Å². The fourth-order valence-corrected chi connectivity index (χ4v) is 3.17. The summed E-state index contributed by atoms with van der Waals surface area (Å²) in [5, 5.41) is 4.54. The third kappa shape index (κ3) is 4.90. The summed E-state index contributed by atoms with van der Waals surface area (Å²) in [6.07, 6.45) is 5.01. The summed E-state index contributed by atoms with van der Waals surface area (Å²) in [5.41, 5.74) is 0.806. The highest BCUT2D eigenvalue weighted by molar-refractivity contribution is 6.30. The maximum Gasteiger partial charge on any atom is 0.417 e. The molecule has 0 radical (unpaired) electrons. The van der Waals surface area contributed by atoms with Crippen molar-refractivity contribution in [2.75, 3.05) is 6.54 Å². The first-order chi connectivity index (χ1) is 14.2. The van der Waals surface area contributed by atoms with E-state index in [1.165, 1.54) is 0 Å². The Morgan fingerprint density at radius 3 is 2.76 bits per heavy atom. The van der Waals surface area contributed by atoms with Crippen LogP contribution in [0.1, 0.15) is 25.2 Å². The second-order valence-corrected chi connectivity index (χ2v) is 6.96. The van der Waals surface area contributed by atoms with Crippen LogP contribution in [0.4, 0.5) is 4.79 Å². The van der Waals surface area contributed by atoms with Crippen LogP contribution in [-0.2, 0) is 11.3 Å². The van der Waals surface area contributed by atoms with Crippen LogP contribution in [0.25, 0.3) is 11.4 Å². The number of amides is 1. The summed E-state index contributed by atoms with van der Waals surface area (Å²) in [4.78, 5) is 22.5. The summed E-state index contributed by atoms with van der Waals surface area (Å²) < 4.78 is 16.6. The first-order valence-corrected chi connectivity index (χ1v) is 9.65. The Kier molecular flexibility index (Phi) is 6.02. The molecule has 1 aliphatic rings. The van der Waals surface area contributed by atoms with E-state index in [0.29, 0.717) is 35.5 Å². The van der Waals surface area contributed by atoms with Gasteiger partial charge in [0.05, 0.1) is 0 Å². The van der Waals surface area contributed by atoms with Crippen LogP contribution in [0.15, 0.2) is 53.3 Å². The van der Waals surface area contributed by atoms with Crippen molar-refractivity contribution < 1.29 is 18.8 Å². The van der Waals surface area contributed by atoms with Gasteiger partial charge in [0.15, 0.2) is 0 Å². The van der Waals surface area contributed by atoms with Gasteiger partial charge in [-0.2, -0.15) is 4.98 Å². The lowest BCUT2D eigenvalue weighted by Crippen LogP contribution is -2.46. The summed E-state index contributed by atoms with van der Waals surface area (Å²) in [7, 11) is 0. The summed E-state index contributed by atoms with van der Waals surface area (Å²) in [5.74, 6) is 1.24. The van der Waals surface area contributed by atoms with Crippen molar-refractivity contribution >= 4 is 17.7 Å². The Hall–Kier alpha value is -2.97. The number of piperidine rings is 1. The Labute approximate surface area is 172 Å². The highest BCUT2D eigenvalue weighted by atomic mass is 35.5. The smallest absolute Gasteiger partial charge is 0.410 e. The van der Waals surface area contributed by atoms with E-state index < -0.39 is 12.3 Å². The van der Waals surface area contributed by atoms with E-state index in [0.717, 1.165) is 18.4 Å². The molecule has 3 heterocycles. The van der Waals surface area contributed by atoms with Gasteiger partial charge in [0.2, 0.25) is 5.82 Å². The molecule has 0 N–H and O–H groups in total.